The first kappa shape index (κ1) is 21.6. The minimum absolute atomic E-state index is 0.101. The minimum atomic E-state index is -4.44. The van der Waals surface area contributed by atoms with E-state index >= 15 is 0 Å². The van der Waals surface area contributed by atoms with Gasteiger partial charge in [0.05, 0.1) is 0 Å². The highest BCUT2D eigenvalue weighted by Gasteiger charge is 2.41. The van der Waals surface area contributed by atoms with Crippen molar-refractivity contribution >= 4 is 5.69 Å². The lowest BCUT2D eigenvalue weighted by molar-refractivity contribution is -0.227. The van der Waals surface area contributed by atoms with Crippen LogP contribution in [0.5, 0.6) is 5.75 Å². The van der Waals surface area contributed by atoms with Crippen LogP contribution < -0.4 is 10.5 Å². The van der Waals surface area contributed by atoms with Crippen LogP contribution in [0.3, 0.4) is 0 Å². The van der Waals surface area contributed by atoms with Crippen LogP contribution in [0.25, 0.3) is 0 Å². The highest BCUT2D eigenvalue weighted by molar-refractivity contribution is 5.41. The average Bonchev–Trinajstić information content (AvgIpc) is 2.56. The standard InChI is InChI=1S/C19H30F3NO2/c1-2-3-4-5-6-7-8-9-14-24-18(19(20,21)22)15-25-17-12-10-16(23)11-13-17/h10-13,18H,2-9,14-15,23H2,1H3. The Hall–Kier alpha value is -1.43. The summed E-state index contributed by atoms with van der Waals surface area (Å²) in [6.07, 6.45) is 2.30. The van der Waals surface area contributed by atoms with E-state index < -0.39 is 18.9 Å². The fourth-order valence-electron chi connectivity index (χ4n) is 2.43. The summed E-state index contributed by atoms with van der Waals surface area (Å²) in [7, 11) is 0. The Balaban J connectivity index is 2.22. The number of nitrogen functional groups attached to an aromatic ring is 1. The second kappa shape index (κ2) is 12.0. The van der Waals surface area contributed by atoms with Crippen LogP contribution in [0, 0.1) is 0 Å². The van der Waals surface area contributed by atoms with E-state index in [0.29, 0.717) is 17.9 Å². The Bertz CT molecular complexity index is 449. The monoisotopic (exact) mass is 361 g/mol. The number of ether oxygens (including phenoxy) is 2. The summed E-state index contributed by atoms with van der Waals surface area (Å²) in [6, 6.07) is 6.25. The highest BCUT2D eigenvalue weighted by Crippen LogP contribution is 2.24. The molecule has 0 heterocycles. The van der Waals surface area contributed by atoms with Crippen LogP contribution in [-0.4, -0.2) is 25.5 Å². The summed E-state index contributed by atoms with van der Waals surface area (Å²) in [6.45, 7) is 1.72. The molecular weight excluding hydrogens is 331 g/mol. The quantitative estimate of drug-likeness (QED) is 0.360. The summed E-state index contributed by atoms with van der Waals surface area (Å²) in [5.41, 5.74) is 6.06. The molecule has 0 radical (unpaired) electrons. The van der Waals surface area contributed by atoms with Crippen molar-refractivity contribution in [2.45, 2.75) is 70.6 Å². The van der Waals surface area contributed by atoms with E-state index in [4.69, 9.17) is 15.2 Å². The molecular formula is C19H30F3NO2. The topological polar surface area (TPSA) is 44.5 Å². The SMILES string of the molecule is CCCCCCCCCCOC(COc1ccc(N)cc1)C(F)(F)F. The number of rotatable bonds is 13. The van der Waals surface area contributed by atoms with Gasteiger partial charge in [-0.05, 0) is 30.7 Å². The van der Waals surface area contributed by atoms with Crippen molar-refractivity contribution in [1.82, 2.24) is 0 Å². The molecule has 0 aliphatic carbocycles. The van der Waals surface area contributed by atoms with Gasteiger partial charge in [0, 0.05) is 12.3 Å². The molecule has 0 aliphatic heterocycles. The first-order valence-electron chi connectivity index (χ1n) is 9.10. The van der Waals surface area contributed by atoms with E-state index in [1.54, 1.807) is 24.3 Å². The van der Waals surface area contributed by atoms with Gasteiger partial charge in [0.1, 0.15) is 12.4 Å². The Morgan fingerprint density at radius 1 is 0.920 bits per heavy atom. The van der Waals surface area contributed by atoms with Gasteiger partial charge in [0.25, 0.3) is 0 Å². The molecule has 0 aliphatic rings. The van der Waals surface area contributed by atoms with Crippen molar-refractivity contribution < 1.29 is 22.6 Å². The van der Waals surface area contributed by atoms with Gasteiger partial charge >= 0.3 is 6.18 Å². The summed E-state index contributed by atoms with van der Waals surface area (Å²) >= 11 is 0. The van der Waals surface area contributed by atoms with Gasteiger partial charge in [-0.2, -0.15) is 13.2 Å². The average molecular weight is 361 g/mol. The Morgan fingerprint density at radius 3 is 2.04 bits per heavy atom. The summed E-state index contributed by atoms with van der Waals surface area (Å²) in [5, 5.41) is 0. The Kier molecular flexibility index (Phi) is 10.4. The number of hydrogen-bond donors (Lipinski definition) is 1. The third kappa shape index (κ3) is 10.2. The van der Waals surface area contributed by atoms with Crippen LogP contribution in [-0.2, 0) is 4.74 Å². The van der Waals surface area contributed by atoms with E-state index in [2.05, 4.69) is 6.92 Å². The van der Waals surface area contributed by atoms with Crippen molar-refractivity contribution in [3.63, 3.8) is 0 Å². The summed E-state index contributed by atoms with van der Waals surface area (Å²) in [5.74, 6) is 0.346. The molecule has 0 bridgehead atoms. The smallest absolute Gasteiger partial charge is 0.417 e. The largest absolute Gasteiger partial charge is 0.491 e. The lowest BCUT2D eigenvalue weighted by atomic mass is 10.1. The molecule has 0 saturated carbocycles. The molecule has 1 unspecified atom stereocenters. The van der Waals surface area contributed by atoms with Crippen molar-refractivity contribution in [2.75, 3.05) is 18.9 Å². The molecule has 1 aromatic rings. The van der Waals surface area contributed by atoms with Gasteiger partial charge in [0.2, 0.25) is 0 Å². The second-order valence-electron chi connectivity index (χ2n) is 6.26. The molecule has 144 valence electrons. The number of hydrogen-bond acceptors (Lipinski definition) is 3. The molecule has 0 aromatic heterocycles. The van der Waals surface area contributed by atoms with Crippen LogP contribution in [0.4, 0.5) is 18.9 Å². The molecule has 0 amide bonds. The molecule has 2 N–H and O–H groups in total. The predicted molar refractivity (Wildman–Crippen MR) is 94.8 cm³/mol. The van der Waals surface area contributed by atoms with E-state index in [0.717, 1.165) is 19.3 Å². The minimum Gasteiger partial charge on any atom is -0.491 e. The first-order valence-corrected chi connectivity index (χ1v) is 9.10. The summed E-state index contributed by atoms with van der Waals surface area (Å²) < 4.78 is 49.2. The Morgan fingerprint density at radius 2 is 1.48 bits per heavy atom. The van der Waals surface area contributed by atoms with E-state index in [1.807, 2.05) is 0 Å². The fourth-order valence-corrected chi connectivity index (χ4v) is 2.43. The molecule has 1 rings (SSSR count). The van der Waals surface area contributed by atoms with Gasteiger partial charge < -0.3 is 15.2 Å². The third-order valence-corrected chi connectivity index (χ3v) is 3.96. The van der Waals surface area contributed by atoms with Crippen molar-refractivity contribution in [1.29, 1.82) is 0 Å². The number of unbranched alkanes of at least 4 members (excludes halogenated alkanes) is 7. The fraction of sp³-hybridized carbons (Fsp3) is 0.684. The molecule has 0 fully saturated rings. The van der Waals surface area contributed by atoms with Crippen LogP contribution in [0.15, 0.2) is 24.3 Å². The lowest BCUT2D eigenvalue weighted by Crippen LogP contribution is -2.37. The van der Waals surface area contributed by atoms with Crippen molar-refractivity contribution in [3.8, 4) is 5.75 Å². The molecule has 0 spiro atoms. The zero-order valence-electron chi connectivity index (χ0n) is 15.0. The number of alkyl halides is 3. The van der Waals surface area contributed by atoms with Crippen LogP contribution >= 0.6 is 0 Å². The normalized spacial score (nSPS) is 13.0. The van der Waals surface area contributed by atoms with E-state index in [9.17, 15) is 13.2 Å². The maximum atomic E-state index is 13.0. The van der Waals surface area contributed by atoms with Gasteiger partial charge in [-0.3, -0.25) is 0 Å². The molecule has 1 aromatic carbocycles. The molecule has 6 heteroatoms. The third-order valence-electron chi connectivity index (χ3n) is 3.96. The Labute approximate surface area is 148 Å². The zero-order chi connectivity index (χ0) is 18.5. The number of benzene rings is 1. The van der Waals surface area contributed by atoms with Gasteiger partial charge in [0.15, 0.2) is 6.10 Å². The van der Waals surface area contributed by atoms with Crippen molar-refractivity contribution in [3.05, 3.63) is 24.3 Å². The number of nitrogens with two attached hydrogens (primary N) is 1. The van der Waals surface area contributed by atoms with Gasteiger partial charge in [-0.15, -0.1) is 0 Å². The second-order valence-corrected chi connectivity index (χ2v) is 6.26. The van der Waals surface area contributed by atoms with Gasteiger partial charge in [-0.25, -0.2) is 0 Å². The molecule has 0 saturated heterocycles. The molecule has 25 heavy (non-hydrogen) atoms. The lowest BCUT2D eigenvalue weighted by Gasteiger charge is -2.21. The highest BCUT2D eigenvalue weighted by atomic mass is 19.4. The van der Waals surface area contributed by atoms with E-state index in [1.165, 1.54) is 25.7 Å². The van der Waals surface area contributed by atoms with Crippen LogP contribution in [0.2, 0.25) is 0 Å². The number of anilines is 1. The maximum absolute atomic E-state index is 13.0. The predicted octanol–water partition coefficient (Wildman–Crippen LogP) is 5.74. The zero-order valence-corrected chi connectivity index (χ0v) is 15.0. The van der Waals surface area contributed by atoms with E-state index in [-0.39, 0.29) is 6.61 Å². The summed E-state index contributed by atoms with van der Waals surface area (Å²) in [4.78, 5) is 0. The van der Waals surface area contributed by atoms with Gasteiger partial charge in [-0.1, -0.05) is 51.9 Å². The van der Waals surface area contributed by atoms with Crippen molar-refractivity contribution in [2.24, 2.45) is 0 Å². The molecule has 3 nitrogen and oxygen atoms in total. The first-order chi connectivity index (χ1) is 11.9. The number of halogens is 3. The maximum Gasteiger partial charge on any atom is 0.417 e. The molecule has 1 atom stereocenters. The van der Waals surface area contributed by atoms with Crippen LogP contribution in [0.1, 0.15) is 58.3 Å².